The van der Waals surface area contributed by atoms with Gasteiger partial charge in [-0.3, -0.25) is 4.90 Å². The van der Waals surface area contributed by atoms with E-state index in [0.717, 1.165) is 18.6 Å². The molecule has 2 aliphatic rings. The summed E-state index contributed by atoms with van der Waals surface area (Å²) in [5.41, 5.74) is 6.41. The molecule has 2 saturated heterocycles. The first-order valence-electron chi connectivity index (χ1n) is 6.75. The van der Waals surface area contributed by atoms with E-state index in [1.807, 2.05) is 11.8 Å². The van der Waals surface area contributed by atoms with Gasteiger partial charge in [-0.1, -0.05) is 0 Å². The van der Waals surface area contributed by atoms with Gasteiger partial charge in [-0.2, -0.15) is 11.8 Å². The quantitative estimate of drug-likeness (QED) is 0.803. The van der Waals surface area contributed by atoms with Gasteiger partial charge in [0.2, 0.25) is 0 Å². The molecule has 2 aliphatic heterocycles. The van der Waals surface area contributed by atoms with Crippen molar-refractivity contribution in [1.82, 2.24) is 9.80 Å². The molecule has 0 aromatic heterocycles. The van der Waals surface area contributed by atoms with Crippen LogP contribution >= 0.6 is 11.8 Å². The third-order valence-electron chi connectivity index (χ3n) is 5.04. The van der Waals surface area contributed by atoms with Crippen LogP contribution < -0.4 is 5.73 Å². The monoisotopic (exact) mass is 257 g/mol. The third-order valence-corrected chi connectivity index (χ3v) is 5.63. The molecule has 2 atom stereocenters. The fraction of sp³-hybridized carbons (Fsp3) is 1.00. The van der Waals surface area contributed by atoms with Crippen LogP contribution in [0, 0.1) is 0 Å². The summed E-state index contributed by atoms with van der Waals surface area (Å²) in [6, 6.07) is 1.54. The van der Waals surface area contributed by atoms with Gasteiger partial charge in [-0.15, -0.1) is 0 Å². The van der Waals surface area contributed by atoms with Crippen molar-refractivity contribution in [3.8, 4) is 0 Å². The van der Waals surface area contributed by atoms with Crippen LogP contribution in [0.1, 0.15) is 25.7 Å². The minimum absolute atomic E-state index is 0.272. The molecular formula is C13H27N3S. The second kappa shape index (κ2) is 5.47. The van der Waals surface area contributed by atoms with Gasteiger partial charge in [0.15, 0.2) is 0 Å². The summed E-state index contributed by atoms with van der Waals surface area (Å²) in [5, 5.41) is 0. The summed E-state index contributed by atoms with van der Waals surface area (Å²) in [7, 11) is 4.57. The molecule has 2 fully saturated rings. The van der Waals surface area contributed by atoms with Gasteiger partial charge < -0.3 is 10.6 Å². The Morgan fingerprint density at radius 2 is 1.94 bits per heavy atom. The van der Waals surface area contributed by atoms with Gasteiger partial charge in [0.1, 0.15) is 0 Å². The minimum Gasteiger partial charge on any atom is -0.329 e. The van der Waals surface area contributed by atoms with Crippen molar-refractivity contribution in [3.05, 3.63) is 0 Å². The Hall–Kier alpha value is 0.230. The molecule has 3 nitrogen and oxygen atoms in total. The van der Waals surface area contributed by atoms with Gasteiger partial charge >= 0.3 is 0 Å². The molecule has 2 rings (SSSR count). The minimum atomic E-state index is 0.272. The van der Waals surface area contributed by atoms with E-state index < -0.39 is 0 Å². The number of rotatable bonds is 5. The summed E-state index contributed by atoms with van der Waals surface area (Å²) >= 11 is 1.93. The highest BCUT2D eigenvalue weighted by Gasteiger charge is 2.47. The first-order valence-corrected chi connectivity index (χ1v) is 8.14. The molecule has 17 heavy (non-hydrogen) atoms. The fourth-order valence-electron chi connectivity index (χ4n) is 3.64. The Bertz CT molecular complexity index is 245. The maximum absolute atomic E-state index is 6.14. The highest BCUT2D eigenvalue weighted by atomic mass is 32.2. The Morgan fingerprint density at radius 1 is 1.35 bits per heavy atom. The lowest BCUT2D eigenvalue weighted by atomic mass is 9.81. The molecule has 4 heteroatoms. The number of fused-ring (bicyclic) bond motifs is 2. The number of hydrogen-bond acceptors (Lipinski definition) is 4. The van der Waals surface area contributed by atoms with E-state index in [1.54, 1.807) is 0 Å². The zero-order valence-corrected chi connectivity index (χ0v) is 12.3. The average molecular weight is 257 g/mol. The maximum atomic E-state index is 6.14. The van der Waals surface area contributed by atoms with Crippen molar-refractivity contribution >= 4 is 11.8 Å². The van der Waals surface area contributed by atoms with E-state index in [0.29, 0.717) is 0 Å². The van der Waals surface area contributed by atoms with Gasteiger partial charge in [0, 0.05) is 36.5 Å². The van der Waals surface area contributed by atoms with Crippen molar-refractivity contribution in [2.45, 2.75) is 43.3 Å². The molecule has 0 aliphatic carbocycles. The summed E-state index contributed by atoms with van der Waals surface area (Å²) in [6.45, 7) is 1.99. The lowest BCUT2D eigenvalue weighted by molar-refractivity contribution is 0.0198. The largest absolute Gasteiger partial charge is 0.329 e. The average Bonchev–Trinajstić information content (AvgIpc) is 2.58. The Morgan fingerprint density at radius 3 is 2.41 bits per heavy atom. The van der Waals surface area contributed by atoms with Gasteiger partial charge in [0.25, 0.3) is 0 Å². The predicted octanol–water partition coefficient (Wildman–Crippen LogP) is 1.24. The predicted molar refractivity (Wildman–Crippen MR) is 76.6 cm³/mol. The van der Waals surface area contributed by atoms with Gasteiger partial charge in [-0.05, 0) is 46.0 Å². The fourth-order valence-corrected chi connectivity index (χ4v) is 4.10. The molecule has 0 saturated carbocycles. The highest BCUT2D eigenvalue weighted by molar-refractivity contribution is 7.98. The zero-order chi connectivity index (χ0) is 12.5. The molecule has 0 aromatic rings. The highest BCUT2D eigenvalue weighted by Crippen LogP contribution is 2.41. The normalized spacial score (nSPS) is 37.9. The first kappa shape index (κ1) is 13.7. The lowest BCUT2D eigenvalue weighted by Gasteiger charge is -2.50. The molecule has 2 bridgehead atoms. The second-order valence-corrected chi connectivity index (χ2v) is 6.79. The van der Waals surface area contributed by atoms with E-state index in [-0.39, 0.29) is 5.54 Å². The number of thioether (sulfide) groups is 1. The van der Waals surface area contributed by atoms with Crippen LogP contribution in [-0.2, 0) is 0 Å². The van der Waals surface area contributed by atoms with Crippen LogP contribution in [0.4, 0.5) is 0 Å². The molecule has 0 spiro atoms. The van der Waals surface area contributed by atoms with E-state index in [4.69, 9.17) is 5.73 Å². The van der Waals surface area contributed by atoms with Crippen LogP contribution in [0.3, 0.4) is 0 Å². The van der Waals surface area contributed by atoms with Crippen LogP contribution in [-0.4, -0.2) is 66.6 Å². The number of likely N-dealkylation sites (N-methyl/N-ethyl adjacent to an activating group) is 1. The summed E-state index contributed by atoms with van der Waals surface area (Å²) < 4.78 is 0. The molecule has 2 heterocycles. The Kier molecular flexibility index (Phi) is 4.40. The smallest absolute Gasteiger partial charge is 0.0358 e. The Labute approximate surface area is 110 Å². The van der Waals surface area contributed by atoms with Gasteiger partial charge in [-0.25, -0.2) is 0 Å². The second-order valence-electron chi connectivity index (χ2n) is 5.80. The van der Waals surface area contributed by atoms with Crippen molar-refractivity contribution in [1.29, 1.82) is 0 Å². The van der Waals surface area contributed by atoms with Crippen LogP contribution in [0.25, 0.3) is 0 Å². The van der Waals surface area contributed by atoms with E-state index in [9.17, 15) is 0 Å². The van der Waals surface area contributed by atoms with Crippen LogP contribution in [0.15, 0.2) is 0 Å². The summed E-state index contributed by atoms with van der Waals surface area (Å²) in [6.07, 6.45) is 7.46. The van der Waals surface area contributed by atoms with Crippen LogP contribution in [0.2, 0.25) is 0 Å². The summed E-state index contributed by atoms with van der Waals surface area (Å²) in [5.74, 6) is 1.21. The zero-order valence-electron chi connectivity index (χ0n) is 11.5. The topological polar surface area (TPSA) is 32.5 Å². The number of nitrogens with zero attached hydrogens (tertiary/aromatic N) is 2. The standard InChI is InChI=1S/C13H27N3S/c1-15(6-7-17-3)13(10-14)8-11-4-5-12(9-13)16(11)2/h11-12H,4-10,14H2,1-3H3. The number of hydrogen-bond donors (Lipinski definition) is 1. The summed E-state index contributed by atoms with van der Waals surface area (Å²) in [4.78, 5) is 5.14. The van der Waals surface area contributed by atoms with E-state index in [1.165, 1.54) is 38.0 Å². The molecule has 100 valence electrons. The molecule has 2 N–H and O–H groups in total. The third kappa shape index (κ3) is 2.50. The van der Waals surface area contributed by atoms with Crippen molar-refractivity contribution in [2.75, 3.05) is 39.2 Å². The molecule has 0 amide bonds. The van der Waals surface area contributed by atoms with Crippen LogP contribution in [0.5, 0.6) is 0 Å². The first-order chi connectivity index (χ1) is 8.13. The van der Waals surface area contributed by atoms with Crippen molar-refractivity contribution in [3.63, 3.8) is 0 Å². The number of piperidine rings is 1. The Balaban J connectivity index is 2.05. The molecule has 0 aromatic carbocycles. The van der Waals surface area contributed by atoms with Gasteiger partial charge in [0.05, 0.1) is 0 Å². The number of nitrogens with two attached hydrogens (primary N) is 1. The molecule has 0 radical (unpaired) electrons. The van der Waals surface area contributed by atoms with E-state index in [2.05, 4.69) is 30.2 Å². The molecule has 2 unspecified atom stereocenters. The van der Waals surface area contributed by atoms with E-state index >= 15 is 0 Å². The maximum Gasteiger partial charge on any atom is 0.0358 e. The van der Waals surface area contributed by atoms with Crippen molar-refractivity contribution < 1.29 is 0 Å². The SMILES string of the molecule is CSCCN(C)C1(CN)CC2CCC(C1)N2C. The lowest BCUT2D eigenvalue weighted by Crippen LogP contribution is -2.61. The van der Waals surface area contributed by atoms with Crippen molar-refractivity contribution in [2.24, 2.45) is 5.73 Å². The molecular weight excluding hydrogens is 230 g/mol.